The number of carbonyl (C=O) groups excluding carboxylic acids is 1. The monoisotopic (exact) mass is 304 g/mol. The highest BCUT2D eigenvalue weighted by Crippen LogP contribution is 2.45. The first-order chi connectivity index (χ1) is 10.0. The third-order valence-electron chi connectivity index (χ3n) is 3.65. The van der Waals surface area contributed by atoms with Gasteiger partial charge in [0.25, 0.3) is 16.6 Å². The first kappa shape index (κ1) is 13.8. The first-order valence-electron chi connectivity index (χ1n) is 6.28. The third kappa shape index (κ3) is 2.32. The maximum absolute atomic E-state index is 11.3. The Balaban J connectivity index is 2.18. The van der Waals surface area contributed by atoms with Crippen LogP contribution >= 0.6 is 0 Å². The molecule has 3 rings (SSSR count). The van der Waals surface area contributed by atoms with Gasteiger partial charge in [-0.2, -0.15) is 8.42 Å². The summed E-state index contributed by atoms with van der Waals surface area (Å²) >= 11 is 0. The molecule has 0 saturated carbocycles. The Labute approximate surface area is 121 Å². The zero-order valence-corrected chi connectivity index (χ0v) is 11.7. The van der Waals surface area contributed by atoms with Crippen LogP contribution in [0.2, 0.25) is 0 Å². The van der Waals surface area contributed by atoms with E-state index in [1.807, 2.05) is 24.3 Å². The smallest absolute Gasteiger partial charge is 0.294 e. The summed E-state index contributed by atoms with van der Waals surface area (Å²) in [6.45, 7) is 0.496. The van der Waals surface area contributed by atoms with Gasteiger partial charge < -0.3 is 4.74 Å². The molecule has 108 valence electrons. The van der Waals surface area contributed by atoms with Crippen LogP contribution in [0, 0.1) is 0 Å². The lowest BCUT2D eigenvalue weighted by molar-refractivity contribution is -0.128. The second-order valence-corrected chi connectivity index (χ2v) is 6.22. The van der Waals surface area contributed by atoms with Gasteiger partial charge in [-0.1, -0.05) is 30.3 Å². The molecule has 1 atom stereocenters. The van der Waals surface area contributed by atoms with Gasteiger partial charge in [-0.05, 0) is 34.4 Å². The number of benzene rings is 2. The molecule has 1 unspecified atom stereocenters. The van der Waals surface area contributed by atoms with Crippen LogP contribution in [-0.4, -0.2) is 26.0 Å². The van der Waals surface area contributed by atoms with E-state index in [-0.39, 0.29) is 17.4 Å². The van der Waals surface area contributed by atoms with Gasteiger partial charge in [0.15, 0.2) is 0 Å². The first-order valence-corrected chi connectivity index (χ1v) is 7.72. The van der Waals surface area contributed by atoms with Crippen LogP contribution in [0.25, 0.3) is 11.1 Å². The number of rotatable bonds is 4. The molecule has 0 saturated heterocycles. The van der Waals surface area contributed by atoms with Crippen LogP contribution < -0.4 is 0 Å². The van der Waals surface area contributed by atoms with Crippen molar-refractivity contribution in [2.45, 2.75) is 10.8 Å². The second-order valence-electron chi connectivity index (χ2n) is 4.79. The van der Waals surface area contributed by atoms with Crippen molar-refractivity contribution in [3.63, 3.8) is 0 Å². The zero-order chi connectivity index (χ0) is 15.0. The Hall–Kier alpha value is -2.18. The van der Waals surface area contributed by atoms with E-state index < -0.39 is 10.1 Å². The molecular formula is C15H12O5S. The number of hydrogen-bond donors (Lipinski definition) is 1. The fourth-order valence-electron chi connectivity index (χ4n) is 2.76. The molecule has 0 bridgehead atoms. The van der Waals surface area contributed by atoms with Crippen LogP contribution in [0.15, 0.2) is 47.4 Å². The van der Waals surface area contributed by atoms with E-state index in [1.54, 1.807) is 6.07 Å². The van der Waals surface area contributed by atoms with Crippen LogP contribution in [0.4, 0.5) is 0 Å². The van der Waals surface area contributed by atoms with Gasteiger partial charge in [0, 0.05) is 5.92 Å². The van der Waals surface area contributed by atoms with Crippen LogP contribution in [0.3, 0.4) is 0 Å². The van der Waals surface area contributed by atoms with Crippen LogP contribution in [0.5, 0.6) is 0 Å². The van der Waals surface area contributed by atoms with Crippen molar-refractivity contribution in [1.82, 2.24) is 0 Å². The SMILES string of the molecule is O=COCC1c2ccccc2-c2ccc(S(=O)(=O)O)cc21. The van der Waals surface area contributed by atoms with E-state index in [9.17, 15) is 17.8 Å². The number of ether oxygens (including phenoxy) is 1. The van der Waals surface area contributed by atoms with Gasteiger partial charge in [-0.15, -0.1) is 0 Å². The Morgan fingerprint density at radius 2 is 1.81 bits per heavy atom. The summed E-state index contributed by atoms with van der Waals surface area (Å²) in [5.41, 5.74) is 3.57. The lowest BCUT2D eigenvalue weighted by Gasteiger charge is -2.12. The molecule has 1 N–H and O–H groups in total. The van der Waals surface area contributed by atoms with E-state index in [2.05, 4.69) is 0 Å². The predicted molar refractivity (Wildman–Crippen MR) is 75.6 cm³/mol. The molecule has 1 aliphatic carbocycles. The molecule has 1 aliphatic rings. The Kier molecular flexibility index (Phi) is 3.27. The van der Waals surface area contributed by atoms with E-state index in [0.717, 1.165) is 22.3 Å². The number of fused-ring (bicyclic) bond motifs is 3. The number of carbonyl (C=O) groups is 1. The quantitative estimate of drug-likeness (QED) is 0.692. The summed E-state index contributed by atoms with van der Waals surface area (Å²) in [7, 11) is -4.27. The third-order valence-corrected chi connectivity index (χ3v) is 4.50. The zero-order valence-electron chi connectivity index (χ0n) is 10.9. The van der Waals surface area contributed by atoms with E-state index >= 15 is 0 Å². The van der Waals surface area contributed by atoms with Crippen molar-refractivity contribution in [2.24, 2.45) is 0 Å². The highest BCUT2D eigenvalue weighted by atomic mass is 32.2. The minimum absolute atomic E-state index is 0.127. The van der Waals surface area contributed by atoms with Gasteiger partial charge in [-0.3, -0.25) is 9.35 Å². The molecule has 0 heterocycles. The molecular weight excluding hydrogens is 292 g/mol. The molecule has 0 aromatic heterocycles. The minimum Gasteiger partial charge on any atom is -0.467 e. The highest BCUT2D eigenvalue weighted by molar-refractivity contribution is 7.85. The predicted octanol–water partition coefficient (Wildman–Crippen LogP) is 2.22. The molecule has 0 radical (unpaired) electrons. The lowest BCUT2D eigenvalue weighted by atomic mass is 9.98. The van der Waals surface area contributed by atoms with Gasteiger partial charge in [0.05, 0.1) is 4.90 Å². The van der Waals surface area contributed by atoms with Crippen LogP contribution in [0.1, 0.15) is 17.0 Å². The molecule has 6 heteroatoms. The summed E-state index contributed by atoms with van der Waals surface area (Å²) in [5, 5.41) is 0. The summed E-state index contributed by atoms with van der Waals surface area (Å²) in [6, 6.07) is 12.1. The Bertz CT molecular complexity index is 811. The largest absolute Gasteiger partial charge is 0.467 e. The maximum atomic E-state index is 11.3. The van der Waals surface area contributed by atoms with Crippen molar-refractivity contribution >= 4 is 16.6 Å². The van der Waals surface area contributed by atoms with E-state index in [1.165, 1.54) is 12.1 Å². The van der Waals surface area contributed by atoms with E-state index in [0.29, 0.717) is 6.47 Å². The molecule has 2 aromatic carbocycles. The van der Waals surface area contributed by atoms with Crippen LogP contribution in [-0.2, 0) is 19.6 Å². The standard InChI is InChI=1S/C15H12O5S/c16-9-20-8-15-12-4-2-1-3-11(12)13-6-5-10(7-14(13)15)21(17,18)19/h1-7,9,15H,8H2,(H,17,18,19). The average molecular weight is 304 g/mol. The molecule has 0 fully saturated rings. The van der Waals surface area contributed by atoms with Crippen molar-refractivity contribution in [3.8, 4) is 11.1 Å². The Morgan fingerprint density at radius 3 is 2.52 bits per heavy atom. The molecule has 0 amide bonds. The normalized spacial score (nSPS) is 16.1. The molecule has 0 spiro atoms. The van der Waals surface area contributed by atoms with Crippen molar-refractivity contribution in [1.29, 1.82) is 0 Å². The van der Waals surface area contributed by atoms with Gasteiger partial charge in [0.2, 0.25) is 0 Å². The van der Waals surface area contributed by atoms with Gasteiger partial charge in [-0.25, -0.2) is 0 Å². The highest BCUT2D eigenvalue weighted by Gasteiger charge is 2.30. The summed E-state index contributed by atoms with van der Waals surface area (Å²) in [4.78, 5) is 10.3. The Morgan fingerprint density at radius 1 is 1.10 bits per heavy atom. The molecule has 0 aliphatic heterocycles. The fourth-order valence-corrected chi connectivity index (χ4v) is 3.28. The summed E-state index contributed by atoms with van der Waals surface area (Å²) in [6.07, 6.45) is 0. The van der Waals surface area contributed by atoms with Crippen molar-refractivity contribution < 1.29 is 22.5 Å². The summed E-state index contributed by atoms with van der Waals surface area (Å²) in [5.74, 6) is -0.233. The molecule has 21 heavy (non-hydrogen) atoms. The molecule has 5 nitrogen and oxygen atoms in total. The van der Waals surface area contributed by atoms with E-state index in [4.69, 9.17) is 4.74 Å². The van der Waals surface area contributed by atoms with Crippen molar-refractivity contribution in [2.75, 3.05) is 6.61 Å². The summed E-state index contributed by atoms with van der Waals surface area (Å²) < 4.78 is 36.6. The molecule has 2 aromatic rings. The lowest BCUT2D eigenvalue weighted by Crippen LogP contribution is -2.07. The topological polar surface area (TPSA) is 80.7 Å². The minimum atomic E-state index is -4.27. The average Bonchev–Trinajstić information content (AvgIpc) is 2.77. The van der Waals surface area contributed by atoms with Gasteiger partial charge in [0.1, 0.15) is 6.61 Å². The maximum Gasteiger partial charge on any atom is 0.294 e. The van der Waals surface area contributed by atoms with Crippen molar-refractivity contribution in [3.05, 3.63) is 53.6 Å². The second kappa shape index (κ2) is 4.98. The fraction of sp³-hybridized carbons (Fsp3) is 0.133. The number of hydrogen-bond acceptors (Lipinski definition) is 4. The van der Waals surface area contributed by atoms with Gasteiger partial charge >= 0.3 is 0 Å².